The maximum absolute atomic E-state index is 14.3. The third-order valence-corrected chi connectivity index (χ3v) is 9.38. The number of carbonyl (C=O) groups is 2. The van der Waals surface area contributed by atoms with Gasteiger partial charge in [0.25, 0.3) is 10.0 Å². The fraction of sp³-hybridized carbons (Fsp3) is 0.212. The summed E-state index contributed by atoms with van der Waals surface area (Å²) in [7, 11) is -4.18. The lowest BCUT2D eigenvalue weighted by Gasteiger charge is -2.34. The smallest absolute Gasteiger partial charge is 0.264 e. The maximum atomic E-state index is 14.3. The van der Waals surface area contributed by atoms with E-state index in [0.29, 0.717) is 17.3 Å². The highest BCUT2D eigenvalue weighted by atomic mass is 79.9. The summed E-state index contributed by atoms with van der Waals surface area (Å²) in [6, 6.07) is 30.3. The Balaban J connectivity index is 1.77. The SMILES string of the molecule is CCCNC(=O)[C@@H](Cc1ccccc1)N(Cc1ccc(Br)cc1)C(=O)CN(c1ccccc1)S(=O)(=O)c1ccc(Cl)cc1. The molecule has 1 atom stereocenters. The molecule has 43 heavy (non-hydrogen) atoms. The minimum absolute atomic E-state index is 0.00506. The van der Waals surface area contributed by atoms with Crippen LogP contribution in [0.4, 0.5) is 5.69 Å². The van der Waals surface area contributed by atoms with E-state index in [9.17, 15) is 18.0 Å². The number of para-hydroxylation sites is 1. The Morgan fingerprint density at radius 1 is 0.837 bits per heavy atom. The van der Waals surface area contributed by atoms with Crippen molar-refractivity contribution in [2.75, 3.05) is 17.4 Å². The van der Waals surface area contributed by atoms with Gasteiger partial charge < -0.3 is 10.2 Å². The first-order valence-corrected chi connectivity index (χ1v) is 16.5. The van der Waals surface area contributed by atoms with Crippen LogP contribution >= 0.6 is 27.5 Å². The fourth-order valence-corrected chi connectivity index (χ4v) is 6.37. The summed E-state index contributed by atoms with van der Waals surface area (Å²) >= 11 is 9.47. The fourth-order valence-electron chi connectivity index (χ4n) is 4.56. The highest BCUT2D eigenvalue weighted by Gasteiger charge is 2.34. The first kappa shape index (κ1) is 32.3. The van der Waals surface area contributed by atoms with Crippen LogP contribution < -0.4 is 9.62 Å². The van der Waals surface area contributed by atoms with Crippen molar-refractivity contribution in [1.82, 2.24) is 10.2 Å². The van der Waals surface area contributed by atoms with Crippen LogP contribution in [0.25, 0.3) is 0 Å². The quantitative estimate of drug-likeness (QED) is 0.175. The molecule has 4 aromatic carbocycles. The van der Waals surface area contributed by atoms with Crippen LogP contribution in [0, 0.1) is 0 Å². The summed E-state index contributed by atoms with van der Waals surface area (Å²) in [4.78, 5) is 29.5. The second-order valence-corrected chi connectivity index (χ2v) is 13.2. The first-order chi connectivity index (χ1) is 20.7. The van der Waals surface area contributed by atoms with Crippen molar-refractivity contribution in [2.45, 2.75) is 37.2 Å². The van der Waals surface area contributed by atoms with E-state index in [-0.39, 0.29) is 23.8 Å². The normalized spacial score (nSPS) is 11.9. The third-order valence-electron chi connectivity index (χ3n) is 6.81. The topological polar surface area (TPSA) is 86.8 Å². The Kier molecular flexibility index (Phi) is 11.4. The second kappa shape index (κ2) is 15.2. The monoisotopic (exact) mass is 681 g/mol. The van der Waals surface area contributed by atoms with Gasteiger partial charge in [-0.05, 0) is 66.1 Å². The molecule has 0 bridgehead atoms. The van der Waals surface area contributed by atoms with Gasteiger partial charge >= 0.3 is 0 Å². The average Bonchev–Trinajstić information content (AvgIpc) is 3.02. The van der Waals surface area contributed by atoms with Gasteiger partial charge in [0.2, 0.25) is 11.8 Å². The Bertz CT molecular complexity index is 1600. The molecule has 1 N–H and O–H groups in total. The number of rotatable bonds is 13. The summed E-state index contributed by atoms with van der Waals surface area (Å²) in [5, 5.41) is 3.34. The summed E-state index contributed by atoms with van der Waals surface area (Å²) in [5.41, 5.74) is 2.00. The maximum Gasteiger partial charge on any atom is 0.264 e. The number of nitrogens with one attached hydrogen (secondary N) is 1. The van der Waals surface area contributed by atoms with Crippen molar-refractivity contribution in [3.05, 3.63) is 130 Å². The van der Waals surface area contributed by atoms with Crippen LogP contribution in [0.3, 0.4) is 0 Å². The number of hydrogen-bond acceptors (Lipinski definition) is 4. The Hall–Kier alpha value is -3.66. The molecule has 0 saturated heterocycles. The third kappa shape index (κ3) is 8.69. The van der Waals surface area contributed by atoms with Crippen molar-refractivity contribution in [3.8, 4) is 0 Å². The molecule has 0 spiro atoms. The number of sulfonamides is 1. The first-order valence-electron chi connectivity index (χ1n) is 13.9. The van der Waals surface area contributed by atoms with Gasteiger partial charge in [-0.3, -0.25) is 13.9 Å². The van der Waals surface area contributed by atoms with Gasteiger partial charge in [-0.15, -0.1) is 0 Å². The number of benzene rings is 4. The minimum atomic E-state index is -4.18. The largest absolute Gasteiger partial charge is 0.354 e. The van der Waals surface area contributed by atoms with Crippen LogP contribution in [-0.4, -0.2) is 44.3 Å². The summed E-state index contributed by atoms with van der Waals surface area (Å²) in [6.07, 6.45) is 0.986. The molecule has 0 radical (unpaired) electrons. The van der Waals surface area contributed by atoms with Crippen LogP contribution in [-0.2, 0) is 32.6 Å². The number of anilines is 1. The molecule has 0 heterocycles. The Morgan fingerprint density at radius 3 is 2.05 bits per heavy atom. The molecule has 0 unspecified atom stereocenters. The minimum Gasteiger partial charge on any atom is -0.354 e. The molecular formula is C33H33BrClN3O4S. The summed E-state index contributed by atoms with van der Waals surface area (Å²) < 4.78 is 29.9. The van der Waals surface area contributed by atoms with Crippen LogP contribution in [0.5, 0.6) is 0 Å². The number of hydrogen-bond donors (Lipinski definition) is 1. The number of carbonyl (C=O) groups excluding carboxylic acids is 2. The number of nitrogens with zero attached hydrogens (tertiary/aromatic N) is 2. The van der Waals surface area contributed by atoms with Gasteiger partial charge in [-0.1, -0.05) is 95.1 Å². The molecule has 0 aliphatic rings. The molecule has 0 aliphatic heterocycles. The molecule has 0 aliphatic carbocycles. The lowest BCUT2D eigenvalue weighted by molar-refractivity contribution is -0.140. The van der Waals surface area contributed by atoms with Crippen molar-refractivity contribution < 1.29 is 18.0 Å². The molecule has 4 aromatic rings. The highest BCUT2D eigenvalue weighted by Crippen LogP contribution is 2.26. The van der Waals surface area contributed by atoms with Gasteiger partial charge in [0, 0.05) is 29.0 Å². The van der Waals surface area contributed by atoms with Crippen molar-refractivity contribution in [3.63, 3.8) is 0 Å². The van der Waals surface area contributed by atoms with E-state index < -0.39 is 28.5 Å². The van der Waals surface area contributed by atoms with Gasteiger partial charge in [0.15, 0.2) is 0 Å². The zero-order chi connectivity index (χ0) is 30.8. The van der Waals surface area contributed by atoms with Gasteiger partial charge in [-0.25, -0.2) is 8.42 Å². The lowest BCUT2D eigenvalue weighted by atomic mass is 10.0. The Labute approximate surface area is 266 Å². The van der Waals surface area contributed by atoms with Gasteiger partial charge in [-0.2, -0.15) is 0 Å². The number of halogens is 2. The van der Waals surface area contributed by atoms with Crippen molar-refractivity contribution >= 4 is 55.1 Å². The van der Waals surface area contributed by atoms with E-state index in [0.717, 1.165) is 26.3 Å². The van der Waals surface area contributed by atoms with Crippen LogP contribution in [0.1, 0.15) is 24.5 Å². The lowest BCUT2D eigenvalue weighted by Crippen LogP contribution is -2.53. The van der Waals surface area contributed by atoms with Crippen LogP contribution in [0.2, 0.25) is 5.02 Å². The summed E-state index contributed by atoms with van der Waals surface area (Å²) in [6.45, 7) is 1.99. The molecule has 2 amide bonds. The van der Waals surface area contributed by atoms with E-state index in [2.05, 4.69) is 21.2 Å². The van der Waals surface area contributed by atoms with E-state index >= 15 is 0 Å². The standard InChI is InChI=1S/C33H33BrClN3O4S/c1-2-21-36-33(40)31(22-25-9-5-3-6-10-25)37(23-26-13-15-27(34)16-14-26)32(39)24-38(29-11-7-4-8-12-29)43(41,42)30-19-17-28(35)18-20-30/h3-20,31H,2,21-24H2,1H3,(H,36,40)/t31-/m1/s1. The van der Waals surface area contributed by atoms with Crippen molar-refractivity contribution in [1.29, 1.82) is 0 Å². The molecule has 7 nitrogen and oxygen atoms in total. The van der Waals surface area contributed by atoms with Crippen LogP contribution in [0.15, 0.2) is 119 Å². The van der Waals surface area contributed by atoms with E-state index in [1.54, 1.807) is 30.3 Å². The van der Waals surface area contributed by atoms with Gasteiger partial charge in [0.1, 0.15) is 12.6 Å². The molecule has 10 heteroatoms. The molecule has 0 aromatic heterocycles. The summed E-state index contributed by atoms with van der Waals surface area (Å²) in [5.74, 6) is -0.820. The Morgan fingerprint density at radius 2 is 1.44 bits per heavy atom. The predicted octanol–water partition coefficient (Wildman–Crippen LogP) is 6.46. The van der Waals surface area contributed by atoms with E-state index in [1.165, 1.54) is 29.2 Å². The van der Waals surface area contributed by atoms with E-state index in [1.807, 2.05) is 61.5 Å². The predicted molar refractivity (Wildman–Crippen MR) is 174 cm³/mol. The van der Waals surface area contributed by atoms with Crippen molar-refractivity contribution in [2.24, 2.45) is 0 Å². The van der Waals surface area contributed by atoms with Gasteiger partial charge in [0.05, 0.1) is 10.6 Å². The molecule has 224 valence electrons. The zero-order valence-electron chi connectivity index (χ0n) is 23.7. The number of amides is 2. The van der Waals surface area contributed by atoms with E-state index in [4.69, 9.17) is 11.6 Å². The average molecular weight is 683 g/mol. The zero-order valence-corrected chi connectivity index (χ0v) is 26.9. The second-order valence-electron chi connectivity index (χ2n) is 9.95. The molecular weight excluding hydrogens is 650 g/mol. The molecule has 0 fully saturated rings. The highest BCUT2D eigenvalue weighted by molar-refractivity contribution is 9.10. The molecule has 4 rings (SSSR count). The molecule has 0 saturated carbocycles.